The van der Waals surface area contributed by atoms with Gasteiger partial charge >= 0.3 is 0 Å². The summed E-state index contributed by atoms with van der Waals surface area (Å²) in [4.78, 5) is 14.5. The molecule has 3 rings (SSSR count). The fourth-order valence-electron chi connectivity index (χ4n) is 4.25. The van der Waals surface area contributed by atoms with Gasteiger partial charge in [-0.25, -0.2) is 12.7 Å². The van der Waals surface area contributed by atoms with Crippen molar-refractivity contribution in [3.05, 3.63) is 35.9 Å². The molecule has 25 heavy (non-hydrogen) atoms. The molecule has 138 valence electrons. The van der Waals surface area contributed by atoms with Gasteiger partial charge in [-0.05, 0) is 44.1 Å². The first-order valence-electron chi connectivity index (χ1n) is 9.04. The Kier molecular flexibility index (Phi) is 4.95. The van der Waals surface area contributed by atoms with Crippen molar-refractivity contribution in [2.24, 2.45) is 5.41 Å². The van der Waals surface area contributed by atoms with Gasteiger partial charge in [-0.2, -0.15) is 0 Å². The smallest absolute Gasteiger partial charge is 0.229 e. The number of rotatable bonds is 3. The van der Waals surface area contributed by atoms with Crippen LogP contribution in [-0.4, -0.2) is 55.5 Å². The molecule has 1 aromatic rings. The van der Waals surface area contributed by atoms with E-state index in [0.717, 1.165) is 31.4 Å². The van der Waals surface area contributed by atoms with Crippen LogP contribution in [-0.2, 0) is 14.8 Å². The van der Waals surface area contributed by atoms with E-state index in [9.17, 15) is 13.2 Å². The fourth-order valence-corrected chi connectivity index (χ4v) is 5.54. The average Bonchev–Trinajstić information content (AvgIpc) is 2.59. The Morgan fingerprint density at radius 2 is 1.72 bits per heavy atom. The highest BCUT2D eigenvalue weighted by molar-refractivity contribution is 7.89. The Bertz CT molecular complexity index is 722. The van der Waals surface area contributed by atoms with Crippen molar-refractivity contribution in [1.82, 2.24) is 9.21 Å². The molecule has 6 heteroatoms. The van der Waals surface area contributed by atoms with E-state index in [1.807, 2.05) is 42.3 Å². The number of nitrogens with zero attached hydrogens (tertiary/aromatic N) is 2. The third-order valence-electron chi connectivity index (χ3n) is 5.82. The van der Waals surface area contributed by atoms with Crippen molar-refractivity contribution >= 4 is 15.9 Å². The lowest BCUT2D eigenvalue weighted by Crippen LogP contribution is -2.54. The molecule has 1 aromatic carbocycles. The van der Waals surface area contributed by atoms with Crippen LogP contribution in [0.3, 0.4) is 0 Å². The number of piperidine rings is 2. The maximum absolute atomic E-state index is 12.7. The number of amides is 1. The van der Waals surface area contributed by atoms with Gasteiger partial charge in [0.05, 0.1) is 11.2 Å². The van der Waals surface area contributed by atoms with Crippen LogP contribution in [0.15, 0.2) is 30.3 Å². The van der Waals surface area contributed by atoms with Crippen LogP contribution in [0.5, 0.6) is 0 Å². The van der Waals surface area contributed by atoms with Gasteiger partial charge in [-0.1, -0.05) is 30.3 Å². The first kappa shape index (κ1) is 18.4. The Morgan fingerprint density at radius 1 is 1.12 bits per heavy atom. The summed E-state index contributed by atoms with van der Waals surface area (Å²) in [7, 11) is -1.32. The summed E-state index contributed by atoms with van der Waals surface area (Å²) in [6.45, 7) is 5.31. The van der Waals surface area contributed by atoms with E-state index in [2.05, 4.69) is 0 Å². The van der Waals surface area contributed by atoms with Crippen molar-refractivity contribution in [1.29, 1.82) is 0 Å². The second kappa shape index (κ2) is 6.72. The van der Waals surface area contributed by atoms with Gasteiger partial charge in [0.25, 0.3) is 0 Å². The Hall–Kier alpha value is -1.40. The van der Waals surface area contributed by atoms with Gasteiger partial charge < -0.3 is 4.90 Å². The molecule has 1 atom stereocenters. The molecule has 1 amide bonds. The number of likely N-dealkylation sites (N-methyl/N-ethyl adjacent to an activating group) is 1. The zero-order chi connectivity index (χ0) is 18.2. The molecule has 0 radical (unpaired) electrons. The van der Waals surface area contributed by atoms with E-state index in [1.165, 1.54) is 0 Å². The number of hydrogen-bond acceptors (Lipinski definition) is 3. The lowest BCUT2D eigenvalue weighted by Gasteiger charge is -2.49. The Balaban J connectivity index is 1.78. The van der Waals surface area contributed by atoms with Crippen molar-refractivity contribution in [2.45, 2.75) is 44.3 Å². The molecule has 0 N–H and O–H groups in total. The molecule has 0 unspecified atom stereocenters. The number of sulfonamides is 1. The topological polar surface area (TPSA) is 57.7 Å². The largest absolute Gasteiger partial charge is 0.345 e. The summed E-state index contributed by atoms with van der Waals surface area (Å²) < 4.78 is 26.5. The summed E-state index contributed by atoms with van der Waals surface area (Å²) >= 11 is 0. The lowest BCUT2D eigenvalue weighted by molar-refractivity contribution is -0.139. The Morgan fingerprint density at radius 3 is 2.28 bits per heavy atom. The van der Waals surface area contributed by atoms with Crippen LogP contribution in [0.4, 0.5) is 0 Å². The maximum atomic E-state index is 12.7. The van der Waals surface area contributed by atoms with Gasteiger partial charge in [0.2, 0.25) is 15.9 Å². The Labute approximate surface area is 151 Å². The van der Waals surface area contributed by atoms with E-state index < -0.39 is 10.0 Å². The van der Waals surface area contributed by atoms with Gasteiger partial charge in [0.15, 0.2) is 0 Å². The van der Waals surface area contributed by atoms with E-state index in [0.29, 0.717) is 13.1 Å². The number of likely N-dealkylation sites (tertiary alicyclic amines) is 1. The number of hydrogen-bond donors (Lipinski definition) is 0. The second-order valence-corrected chi connectivity index (χ2v) is 10.3. The van der Waals surface area contributed by atoms with Crippen LogP contribution in [0.2, 0.25) is 0 Å². The number of benzene rings is 1. The minimum atomic E-state index is -3.19. The molecule has 2 saturated heterocycles. The molecular weight excluding hydrogens is 336 g/mol. The molecular formula is C19H28N2O3S. The third kappa shape index (κ3) is 3.47. The van der Waals surface area contributed by atoms with Crippen LogP contribution in [0.25, 0.3) is 0 Å². The summed E-state index contributed by atoms with van der Waals surface area (Å²) in [6, 6.07) is 9.95. The molecule has 0 aromatic heterocycles. The van der Waals surface area contributed by atoms with Gasteiger partial charge in [0.1, 0.15) is 0 Å². The van der Waals surface area contributed by atoms with Crippen LogP contribution < -0.4 is 0 Å². The first-order chi connectivity index (χ1) is 11.8. The maximum Gasteiger partial charge on any atom is 0.229 e. The molecule has 2 aliphatic heterocycles. The average molecular weight is 365 g/mol. The first-order valence-corrected chi connectivity index (χ1v) is 10.5. The van der Waals surface area contributed by atoms with Gasteiger partial charge in [0, 0.05) is 26.7 Å². The highest BCUT2D eigenvalue weighted by Gasteiger charge is 2.46. The number of carbonyl (C=O) groups is 1. The van der Waals surface area contributed by atoms with E-state index in [-0.39, 0.29) is 22.5 Å². The SMILES string of the molecule is CC(C)S(=O)(=O)N1CCC2(CC1)C[C@@H](c1ccccc1)C(=O)N(C)C2. The van der Waals surface area contributed by atoms with E-state index >= 15 is 0 Å². The highest BCUT2D eigenvalue weighted by atomic mass is 32.2. The monoisotopic (exact) mass is 364 g/mol. The van der Waals surface area contributed by atoms with E-state index in [4.69, 9.17) is 0 Å². The minimum absolute atomic E-state index is 0.0200. The predicted octanol–water partition coefficient (Wildman–Crippen LogP) is 2.45. The minimum Gasteiger partial charge on any atom is -0.345 e. The van der Waals surface area contributed by atoms with Crippen molar-refractivity contribution in [2.75, 3.05) is 26.7 Å². The van der Waals surface area contributed by atoms with Crippen LogP contribution >= 0.6 is 0 Å². The molecule has 5 nitrogen and oxygen atoms in total. The van der Waals surface area contributed by atoms with Crippen molar-refractivity contribution < 1.29 is 13.2 Å². The quantitative estimate of drug-likeness (QED) is 0.828. The lowest BCUT2D eigenvalue weighted by atomic mass is 9.68. The number of carbonyl (C=O) groups excluding carboxylic acids is 1. The summed E-state index contributed by atoms with van der Waals surface area (Å²) in [5.74, 6) is 0.0577. The summed E-state index contributed by atoms with van der Waals surface area (Å²) in [6.07, 6.45) is 2.45. The fraction of sp³-hybridized carbons (Fsp3) is 0.632. The predicted molar refractivity (Wildman–Crippen MR) is 98.7 cm³/mol. The zero-order valence-corrected chi connectivity index (χ0v) is 16.1. The normalized spacial score (nSPS) is 24.9. The molecule has 2 fully saturated rings. The van der Waals surface area contributed by atoms with Crippen molar-refractivity contribution in [3.8, 4) is 0 Å². The standard InChI is InChI=1S/C19H28N2O3S/c1-15(2)25(23,24)21-11-9-19(10-12-21)13-17(18(22)20(3)14-19)16-7-5-4-6-8-16/h4-8,15,17H,9-14H2,1-3H3/t17-/m0/s1. The molecule has 2 heterocycles. The second-order valence-electron chi connectivity index (χ2n) is 7.85. The molecule has 0 saturated carbocycles. The van der Waals surface area contributed by atoms with Crippen molar-refractivity contribution in [3.63, 3.8) is 0 Å². The molecule has 0 aliphatic carbocycles. The third-order valence-corrected chi connectivity index (χ3v) is 8.10. The van der Waals surface area contributed by atoms with Crippen LogP contribution in [0, 0.1) is 5.41 Å². The van der Waals surface area contributed by atoms with E-state index in [1.54, 1.807) is 18.2 Å². The summed E-state index contributed by atoms with van der Waals surface area (Å²) in [5.41, 5.74) is 1.09. The van der Waals surface area contributed by atoms with Crippen LogP contribution in [0.1, 0.15) is 44.6 Å². The highest BCUT2D eigenvalue weighted by Crippen LogP contribution is 2.45. The molecule has 2 aliphatic rings. The van der Waals surface area contributed by atoms with Gasteiger partial charge in [-0.15, -0.1) is 0 Å². The van der Waals surface area contributed by atoms with Gasteiger partial charge in [-0.3, -0.25) is 4.79 Å². The molecule has 1 spiro atoms. The summed E-state index contributed by atoms with van der Waals surface area (Å²) in [5, 5.41) is -0.380. The zero-order valence-electron chi connectivity index (χ0n) is 15.3. The molecule has 0 bridgehead atoms.